The van der Waals surface area contributed by atoms with Crippen LogP contribution in [0.25, 0.3) is 0 Å². The van der Waals surface area contributed by atoms with Crippen LogP contribution in [0.4, 0.5) is 13.2 Å². The van der Waals surface area contributed by atoms with E-state index in [0.29, 0.717) is 25.7 Å². The molecule has 1 aliphatic rings. The highest BCUT2D eigenvalue weighted by Crippen LogP contribution is 2.23. The van der Waals surface area contributed by atoms with Gasteiger partial charge in [0.15, 0.2) is 0 Å². The van der Waals surface area contributed by atoms with Gasteiger partial charge >= 0.3 is 12.1 Å². The number of carbonyl (C=O) groups excluding carboxylic acids is 3. The number of piperidine rings is 1. The molecule has 2 rings (SSSR count). The first kappa shape index (κ1) is 32.1. The van der Waals surface area contributed by atoms with Gasteiger partial charge in [-0.2, -0.15) is 13.2 Å². The number of carboxylic acids is 1. The quantitative estimate of drug-likeness (QED) is 0.278. The fraction of sp³-hybridized carbons (Fsp3) is 0.630. The number of aliphatic carboxylic acids is 1. The summed E-state index contributed by atoms with van der Waals surface area (Å²) in [7, 11) is 0. The molecule has 1 fully saturated rings. The minimum absolute atomic E-state index is 0.174. The highest BCUT2D eigenvalue weighted by atomic mass is 19.4. The summed E-state index contributed by atoms with van der Waals surface area (Å²) >= 11 is 0. The lowest BCUT2D eigenvalue weighted by Gasteiger charge is -2.33. The topological polar surface area (TPSA) is 142 Å². The van der Waals surface area contributed by atoms with Gasteiger partial charge in [0.1, 0.15) is 12.1 Å². The molecule has 3 atom stereocenters. The van der Waals surface area contributed by atoms with Gasteiger partial charge in [-0.3, -0.25) is 19.2 Å². The zero-order valence-electron chi connectivity index (χ0n) is 22.2. The third-order valence-electron chi connectivity index (χ3n) is 6.84. The Hall–Kier alpha value is -3.15. The Morgan fingerprint density at radius 2 is 1.59 bits per heavy atom. The van der Waals surface area contributed by atoms with Crippen LogP contribution >= 0.6 is 0 Å². The predicted molar refractivity (Wildman–Crippen MR) is 138 cm³/mol. The van der Waals surface area contributed by atoms with Crippen LogP contribution in [-0.4, -0.2) is 71.1 Å². The Kier molecular flexibility index (Phi) is 12.7. The lowest BCUT2D eigenvalue weighted by atomic mass is 9.96. The molecule has 0 spiro atoms. The molecule has 12 heteroatoms. The number of rotatable bonds is 14. The first-order valence-electron chi connectivity index (χ1n) is 13.4. The highest BCUT2D eigenvalue weighted by Gasteiger charge is 2.34. The van der Waals surface area contributed by atoms with E-state index in [-0.39, 0.29) is 31.8 Å². The van der Waals surface area contributed by atoms with E-state index in [2.05, 4.69) is 10.6 Å². The summed E-state index contributed by atoms with van der Waals surface area (Å²) in [5.74, 6) is -3.26. The largest absolute Gasteiger partial charge is 0.481 e. The van der Waals surface area contributed by atoms with E-state index in [4.69, 9.17) is 5.73 Å². The SMILES string of the molecule is CCCCC(NC(=O)[C@@H](CCCC(F)(F)F)NC(=O)[C@H](N)Cc1ccccc1)C(=O)N1CCC(C(=O)O)CC1. The van der Waals surface area contributed by atoms with Gasteiger partial charge in [0, 0.05) is 19.5 Å². The fourth-order valence-electron chi connectivity index (χ4n) is 4.52. The van der Waals surface area contributed by atoms with Crippen LogP contribution in [0.5, 0.6) is 0 Å². The lowest BCUT2D eigenvalue weighted by Crippen LogP contribution is -2.57. The minimum atomic E-state index is -4.42. The summed E-state index contributed by atoms with van der Waals surface area (Å²) < 4.78 is 38.4. The maximum Gasteiger partial charge on any atom is 0.389 e. The van der Waals surface area contributed by atoms with Crippen molar-refractivity contribution in [3.05, 3.63) is 35.9 Å². The van der Waals surface area contributed by atoms with Crippen molar-refractivity contribution >= 4 is 23.7 Å². The molecule has 0 radical (unpaired) electrons. The van der Waals surface area contributed by atoms with Gasteiger partial charge < -0.3 is 26.4 Å². The Bertz CT molecular complexity index is 952. The molecule has 1 heterocycles. The van der Waals surface area contributed by atoms with E-state index in [0.717, 1.165) is 12.0 Å². The number of hydrogen-bond acceptors (Lipinski definition) is 5. The average Bonchev–Trinajstić information content (AvgIpc) is 2.89. The van der Waals surface area contributed by atoms with Crippen molar-refractivity contribution in [2.45, 2.75) is 89.0 Å². The summed E-state index contributed by atoms with van der Waals surface area (Å²) in [6.07, 6.45) is -3.81. The van der Waals surface area contributed by atoms with Crippen LogP contribution in [0.1, 0.15) is 63.9 Å². The number of benzene rings is 1. The number of carbonyl (C=O) groups is 4. The molecule has 9 nitrogen and oxygen atoms in total. The number of halogens is 3. The number of carboxylic acid groups (broad SMARTS) is 1. The van der Waals surface area contributed by atoms with Crippen LogP contribution < -0.4 is 16.4 Å². The van der Waals surface area contributed by atoms with Crippen molar-refractivity contribution in [1.29, 1.82) is 0 Å². The summed E-state index contributed by atoms with van der Waals surface area (Å²) in [5, 5.41) is 14.3. The number of likely N-dealkylation sites (tertiary alicyclic amines) is 1. The van der Waals surface area contributed by atoms with E-state index in [1.807, 2.05) is 6.92 Å². The smallest absolute Gasteiger partial charge is 0.389 e. The van der Waals surface area contributed by atoms with Crippen LogP contribution in [-0.2, 0) is 25.6 Å². The minimum Gasteiger partial charge on any atom is -0.481 e. The van der Waals surface area contributed by atoms with Crippen molar-refractivity contribution < 1.29 is 37.5 Å². The van der Waals surface area contributed by atoms with E-state index >= 15 is 0 Å². The summed E-state index contributed by atoms with van der Waals surface area (Å²) in [6.45, 7) is 2.37. The van der Waals surface area contributed by atoms with Crippen LogP contribution in [0.3, 0.4) is 0 Å². The average molecular weight is 557 g/mol. The van der Waals surface area contributed by atoms with E-state index < -0.39 is 60.8 Å². The van der Waals surface area contributed by atoms with Crippen LogP contribution in [0.2, 0.25) is 0 Å². The monoisotopic (exact) mass is 556 g/mol. The number of hydrogen-bond donors (Lipinski definition) is 4. The maximum absolute atomic E-state index is 13.2. The molecule has 1 unspecified atom stereocenters. The van der Waals surface area contributed by atoms with Gasteiger partial charge in [0.05, 0.1) is 12.0 Å². The molecule has 1 saturated heterocycles. The Balaban J connectivity index is 2.10. The van der Waals surface area contributed by atoms with Crippen LogP contribution in [0, 0.1) is 5.92 Å². The molecule has 1 aromatic carbocycles. The number of unbranched alkanes of at least 4 members (excludes halogenated alkanes) is 1. The van der Waals surface area contributed by atoms with Gasteiger partial charge in [-0.25, -0.2) is 0 Å². The van der Waals surface area contributed by atoms with Crippen molar-refractivity contribution in [2.75, 3.05) is 13.1 Å². The zero-order chi connectivity index (χ0) is 29.0. The molecule has 1 aromatic rings. The normalized spacial score (nSPS) is 16.7. The molecular formula is C27H39F3N4O5. The van der Waals surface area contributed by atoms with Gasteiger partial charge in [-0.15, -0.1) is 0 Å². The maximum atomic E-state index is 13.2. The second-order valence-electron chi connectivity index (χ2n) is 10.0. The third kappa shape index (κ3) is 11.2. The molecule has 0 aromatic heterocycles. The van der Waals surface area contributed by atoms with Crippen molar-refractivity contribution in [2.24, 2.45) is 11.7 Å². The Labute approximate surface area is 226 Å². The second kappa shape index (κ2) is 15.4. The number of nitrogens with one attached hydrogen (secondary N) is 2. The van der Waals surface area contributed by atoms with Gasteiger partial charge in [0.25, 0.3) is 0 Å². The van der Waals surface area contributed by atoms with Gasteiger partial charge in [-0.1, -0.05) is 50.1 Å². The van der Waals surface area contributed by atoms with Gasteiger partial charge in [0.2, 0.25) is 17.7 Å². The first-order chi connectivity index (χ1) is 18.4. The van der Waals surface area contributed by atoms with E-state index in [1.54, 1.807) is 30.3 Å². The van der Waals surface area contributed by atoms with E-state index in [9.17, 15) is 37.5 Å². The lowest BCUT2D eigenvalue weighted by molar-refractivity contribution is -0.146. The standard InChI is InChI=1S/C27H39F3N4O5/c1-2-3-10-22(25(37)34-15-12-19(13-16-34)26(38)39)33-24(36)21(11-7-14-27(28,29)30)32-23(35)20(31)17-18-8-5-4-6-9-18/h4-6,8-9,19-22H,2-3,7,10-17,31H2,1H3,(H,32,35)(H,33,36)(H,38,39)/t20-,21-,22?/m1/s1. The number of nitrogens with zero attached hydrogens (tertiary/aromatic N) is 1. The molecule has 0 aliphatic carbocycles. The van der Waals surface area contributed by atoms with E-state index in [1.165, 1.54) is 4.90 Å². The zero-order valence-corrected chi connectivity index (χ0v) is 22.2. The van der Waals surface area contributed by atoms with Crippen molar-refractivity contribution in [3.8, 4) is 0 Å². The third-order valence-corrected chi connectivity index (χ3v) is 6.84. The fourth-order valence-corrected chi connectivity index (χ4v) is 4.52. The predicted octanol–water partition coefficient (Wildman–Crippen LogP) is 2.77. The molecule has 1 aliphatic heterocycles. The number of alkyl halides is 3. The first-order valence-corrected chi connectivity index (χ1v) is 13.4. The summed E-state index contributed by atoms with van der Waals surface area (Å²) in [4.78, 5) is 52.0. The van der Waals surface area contributed by atoms with Gasteiger partial charge in [-0.05, 0) is 44.1 Å². The molecule has 3 amide bonds. The Morgan fingerprint density at radius 3 is 2.15 bits per heavy atom. The molecule has 0 saturated carbocycles. The number of amides is 3. The second-order valence-corrected chi connectivity index (χ2v) is 10.0. The molecule has 0 bridgehead atoms. The Morgan fingerprint density at radius 1 is 1.00 bits per heavy atom. The molecule has 218 valence electrons. The summed E-state index contributed by atoms with van der Waals surface area (Å²) in [6, 6.07) is 5.65. The molecule has 5 N–H and O–H groups in total. The number of nitrogens with two attached hydrogens (primary N) is 1. The van der Waals surface area contributed by atoms with Crippen molar-refractivity contribution in [3.63, 3.8) is 0 Å². The molecule has 39 heavy (non-hydrogen) atoms. The molecular weight excluding hydrogens is 517 g/mol. The summed E-state index contributed by atoms with van der Waals surface area (Å²) in [5.41, 5.74) is 6.80. The van der Waals surface area contributed by atoms with Crippen molar-refractivity contribution in [1.82, 2.24) is 15.5 Å². The van der Waals surface area contributed by atoms with Crippen LogP contribution in [0.15, 0.2) is 30.3 Å². The highest BCUT2D eigenvalue weighted by molar-refractivity contribution is 5.93.